The third-order valence-electron chi connectivity index (χ3n) is 4.47. The van der Waals surface area contributed by atoms with Crippen LogP contribution in [0.2, 0.25) is 0 Å². The maximum absolute atomic E-state index is 12.3. The van der Waals surface area contributed by atoms with Crippen molar-refractivity contribution in [2.45, 2.75) is 38.1 Å². The Morgan fingerprint density at radius 2 is 1.65 bits per heavy atom. The van der Waals surface area contributed by atoms with Crippen molar-refractivity contribution in [1.29, 1.82) is 0 Å². The highest BCUT2D eigenvalue weighted by atomic mass is 32.2. The Bertz CT molecular complexity index is 738. The number of hydrogen-bond donors (Lipinski definition) is 1. The smallest absolute Gasteiger partial charge is 0.253 e. The molecule has 2 amide bonds. The molecule has 8 heteroatoms. The molecule has 0 saturated heterocycles. The molecular weight excluding hydrogens is 354 g/mol. The zero-order valence-corrected chi connectivity index (χ0v) is 16.4. The molecule has 1 aromatic rings. The minimum atomic E-state index is -3.63. The van der Waals surface area contributed by atoms with Crippen molar-refractivity contribution in [3.63, 3.8) is 0 Å². The van der Waals surface area contributed by atoms with E-state index in [0.29, 0.717) is 11.3 Å². The van der Waals surface area contributed by atoms with Crippen LogP contribution in [0.3, 0.4) is 0 Å². The highest BCUT2D eigenvalue weighted by molar-refractivity contribution is 7.92. The summed E-state index contributed by atoms with van der Waals surface area (Å²) in [5.74, 6) is -0.478. The van der Waals surface area contributed by atoms with Crippen LogP contribution in [0, 0.1) is 0 Å². The lowest BCUT2D eigenvalue weighted by molar-refractivity contribution is -0.120. The number of sulfonamides is 1. The molecule has 0 aliphatic heterocycles. The number of nitrogens with one attached hydrogen (secondary N) is 1. The Kier molecular flexibility index (Phi) is 6.63. The summed E-state index contributed by atoms with van der Waals surface area (Å²) >= 11 is 0. The quantitative estimate of drug-likeness (QED) is 0.811. The minimum Gasteiger partial charge on any atom is -0.352 e. The number of amides is 2. The zero-order chi connectivity index (χ0) is 19.3. The van der Waals surface area contributed by atoms with Gasteiger partial charge in [-0.05, 0) is 37.1 Å². The highest BCUT2D eigenvalue weighted by Crippen LogP contribution is 2.20. The standard InChI is InChI=1S/C18H27N3O4S/c1-20(2)18(23)14-9-11-16(12-10-14)21(26(3,24)25)13-17(22)19-15-7-5-4-6-8-15/h9-12,15H,4-8,13H2,1-3H3,(H,19,22). The first-order valence-electron chi connectivity index (χ1n) is 8.77. The van der Waals surface area contributed by atoms with E-state index in [4.69, 9.17) is 0 Å². The summed E-state index contributed by atoms with van der Waals surface area (Å²) in [7, 11) is -0.331. The normalized spacial score (nSPS) is 15.3. The topological polar surface area (TPSA) is 86.8 Å². The van der Waals surface area contributed by atoms with Crippen LogP contribution in [0.25, 0.3) is 0 Å². The van der Waals surface area contributed by atoms with Gasteiger partial charge >= 0.3 is 0 Å². The Labute approximate surface area is 155 Å². The molecule has 7 nitrogen and oxygen atoms in total. The number of nitrogens with zero attached hydrogens (tertiary/aromatic N) is 2. The second kappa shape index (κ2) is 8.53. The van der Waals surface area contributed by atoms with E-state index in [0.717, 1.165) is 36.2 Å². The summed E-state index contributed by atoms with van der Waals surface area (Å²) in [5.41, 5.74) is 0.820. The van der Waals surface area contributed by atoms with Gasteiger partial charge in [-0.15, -0.1) is 0 Å². The van der Waals surface area contributed by atoms with Crippen LogP contribution in [0.5, 0.6) is 0 Å². The van der Waals surface area contributed by atoms with E-state index in [1.54, 1.807) is 38.4 Å². The maximum atomic E-state index is 12.3. The van der Waals surface area contributed by atoms with Crippen molar-refractivity contribution in [2.24, 2.45) is 0 Å². The number of benzene rings is 1. The molecule has 0 aromatic heterocycles. The van der Waals surface area contributed by atoms with Gasteiger partial charge in [-0.2, -0.15) is 0 Å². The first kappa shape index (κ1) is 20.2. The van der Waals surface area contributed by atoms with Gasteiger partial charge in [-0.25, -0.2) is 8.42 Å². The molecule has 0 spiro atoms. The Hall–Kier alpha value is -2.09. The van der Waals surface area contributed by atoms with E-state index in [-0.39, 0.29) is 24.4 Å². The molecule has 1 N–H and O–H groups in total. The molecule has 1 aliphatic carbocycles. The van der Waals surface area contributed by atoms with Gasteiger partial charge in [0.25, 0.3) is 5.91 Å². The molecule has 1 aromatic carbocycles. The van der Waals surface area contributed by atoms with Crippen molar-refractivity contribution in [2.75, 3.05) is 31.2 Å². The fourth-order valence-electron chi connectivity index (χ4n) is 3.08. The first-order chi connectivity index (χ1) is 12.2. The van der Waals surface area contributed by atoms with E-state index in [1.807, 2.05) is 0 Å². The van der Waals surface area contributed by atoms with Crippen molar-refractivity contribution in [1.82, 2.24) is 10.2 Å². The van der Waals surface area contributed by atoms with Crippen LogP contribution >= 0.6 is 0 Å². The Balaban J connectivity index is 2.12. The maximum Gasteiger partial charge on any atom is 0.253 e. The van der Waals surface area contributed by atoms with Crippen LogP contribution in [0.4, 0.5) is 5.69 Å². The molecule has 0 bridgehead atoms. The largest absolute Gasteiger partial charge is 0.352 e. The molecule has 0 atom stereocenters. The van der Waals surface area contributed by atoms with Gasteiger partial charge in [-0.1, -0.05) is 19.3 Å². The minimum absolute atomic E-state index is 0.123. The van der Waals surface area contributed by atoms with Crippen molar-refractivity contribution in [3.8, 4) is 0 Å². The van der Waals surface area contributed by atoms with Gasteiger partial charge < -0.3 is 10.2 Å². The van der Waals surface area contributed by atoms with Crippen molar-refractivity contribution in [3.05, 3.63) is 29.8 Å². The van der Waals surface area contributed by atoms with Gasteiger partial charge in [-0.3, -0.25) is 13.9 Å². The summed E-state index contributed by atoms with van der Waals surface area (Å²) in [6, 6.07) is 6.35. The van der Waals surface area contributed by atoms with Crippen LogP contribution in [0.15, 0.2) is 24.3 Å². The molecule has 1 aliphatic rings. The summed E-state index contributed by atoms with van der Waals surface area (Å²) in [4.78, 5) is 25.7. The first-order valence-corrected chi connectivity index (χ1v) is 10.6. The fraction of sp³-hybridized carbons (Fsp3) is 0.556. The average molecular weight is 381 g/mol. The summed E-state index contributed by atoms with van der Waals surface area (Å²) in [6.07, 6.45) is 6.29. The highest BCUT2D eigenvalue weighted by Gasteiger charge is 2.23. The number of anilines is 1. The summed E-state index contributed by atoms with van der Waals surface area (Å²) in [5, 5.41) is 2.93. The molecule has 1 saturated carbocycles. The summed E-state index contributed by atoms with van der Waals surface area (Å²) in [6.45, 7) is -0.268. The Morgan fingerprint density at radius 1 is 1.08 bits per heavy atom. The second-order valence-electron chi connectivity index (χ2n) is 6.92. The number of carbonyl (C=O) groups is 2. The number of hydrogen-bond acceptors (Lipinski definition) is 4. The molecule has 1 fully saturated rings. The lowest BCUT2D eigenvalue weighted by atomic mass is 9.95. The third kappa shape index (κ3) is 5.45. The van der Waals surface area contributed by atoms with E-state index in [9.17, 15) is 18.0 Å². The van der Waals surface area contributed by atoms with E-state index in [1.165, 1.54) is 11.3 Å². The summed E-state index contributed by atoms with van der Waals surface area (Å²) < 4.78 is 25.4. The SMILES string of the molecule is CN(C)C(=O)c1ccc(N(CC(=O)NC2CCCCC2)S(C)(=O)=O)cc1. The third-order valence-corrected chi connectivity index (χ3v) is 5.61. The van der Waals surface area contributed by atoms with E-state index >= 15 is 0 Å². The predicted molar refractivity (Wildman–Crippen MR) is 102 cm³/mol. The van der Waals surface area contributed by atoms with Gasteiger partial charge in [0.05, 0.1) is 11.9 Å². The average Bonchev–Trinajstić information content (AvgIpc) is 2.59. The lowest BCUT2D eigenvalue weighted by Crippen LogP contribution is -2.44. The number of carbonyl (C=O) groups excluding carboxylic acids is 2. The number of rotatable bonds is 6. The molecular formula is C18H27N3O4S. The predicted octanol–water partition coefficient (Wildman–Crippen LogP) is 1.60. The zero-order valence-electron chi connectivity index (χ0n) is 15.6. The van der Waals surface area contributed by atoms with Crippen LogP contribution < -0.4 is 9.62 Å². The van der Waals surface area contributed by atoms with Crippen molar-refractivity contribution < 1.29 is 18.0 Å². The van der Waals surface area contributed by atoms with Crippen molar-refractivity contribution >= 4 is 27.5 Å². The molecule has 26 heavy (non-hydrogen) atoms. The molecule has 0 radical (unpaired) electrons. The monoisotopic (exact) mass is 381 g/mol. The van der Waals surface area contributed by atoms with Crippen LogP contribution in [-0.4, -0.2) is 58.1 Å². The Morgan fingerprint density at radius 3 is 2.15 bits per heavy atom. The van der Waals surface area contributed by atoms with Crippen LogP contribution in [-0.2, 0) is 14.8 Å². The lowest BCUT2D eigenvalue weighted by Gasteiger charge is -2.26. The second-order valence-corrected chi connectivity index (χ2v) is 8.83. The van der Waals surface area contributed by atoms with Gasteiger partial charge in [0.1, 0.15) is 6.54 Å². The van der Waals surface area contributed by atoms with E-state index < -0.39 is 10.0 Å². The van der Waals surface area contributed by atoms with Gasteiger partial charge in [0, 0.05) is 25.7 Å². The van der Waals surface area contributed by atoms with Gasteiger partial charge in [0.2, 0.25) is 15.9 Å². The van der Waals surface area contributed by atoms with Crippen LogP contribution in [0.1, 0.15) is 42.5 Å². The van der Waals surface area contributed by atoms with E-state index in [2.05, 4.69) is 5.32 Å². The van der Waals surface area contributed by atoms with Gasteiger partial charge in [0.15, 0.2) is 0 Å². The molecule has 0 unspecified atom stereocenters. The fourth-order valence-corrected chi connectivity index (χ4v) is 3.94. The molecule has 0 heterocycles. The molecule has 144 valence electrons. The molecule has 2 rings (SSSR count).